The van der Waals surface area contributed by atoms with Gasteiger partial charge in [0.05, 0.1) is 5.41 Å². The normalized spacial score (nSPS) is 27.5. The smallest absolute Gasteiger partial charge is 0.311 e. The van der Waals surface area contributed by atoms with Gasteiger partial charge >= 0.3 is 5.97 Å². The first-order valence-corrected chi connectivity index (χ1v) is 4.55. The summed E-state index contributed by atoms with van der Waals surface area (Å²) in [5.41, 5.74) is -0.638. The molecule has 0 aromatic carbocycles. The molecule has 0 aromatic heterocycles. The van der Waals surface area contributed by atoms with Crippen molar-refractivity contribution in [1.29, 1.82) is 0 Å². The number of piperidine rings is 1. The average molecular weight is 181 g/mol. The summed E-state index contributed by atoms with van der Waals surface area (Å²) < 4.78 is 0. The molecule has 2 N–H and O–H groups in total. The molecule has 1 atom stereocenters. The second-order valence-corrected chi connectivity index (χ2v) is 3.47. The van der Waals surface area contributed by atoms with Crippen molar-refractivity contribution in [2.24, 2.45) is 5.41 Å². The third kappa shape index (κ3) is 2.22. The quantitative estimate of drug-likeness (QED) is 0.621. The maximum atomic E-state index is 11.1. The molecule has 3 nitrogen and oxygen atoms in total. The monoisotopic (exact) mass is 181 g/mol. The van der Waals surface area contributed by atoms with E-state index in [0.29, 0.717) is 13.0 Å². The fraction of sp³-hybridized carbons (Fsp3) is 0.700. The summed E-state index contributed by atoms with van der Waals surface area (Å²) in [6.07, 6.45) is 2.13. The Morgan fingerprint density at radius 2 is 2.46 bits per heavy atom. The number of nitrogens with one attached hydrogen (secondary N) is 1. The van der Waals surface area contributed by atoms with Gasteiger partial charge in [-0.2, -0.15) is 0 Å². The molecular formula is C10H15NO2. The van der Waals surface area contributed by atoms with E-state index < -0.39 is 11.4 Å². The number of rotatable bonds is 2. The molecule has 1 aliphatic heterocycles. The lowest BCUT2D eigenvalue weighted by atomic mass is 9.78. The molecule has 0 saturated carbocycles. The number of carbonyl (C=O) groups is 1. The maximum absolute atomic E-state index is 11.1. The maximum Gasteiger partial charge on any atom is 0.311 e. The summed E-state index contributed by atoms with van der Waals surface area (Å²) in [4.78, 5) is 11.1. The minimum atomic E-state index is -0.720. The van der Waals surface area contributed by atoms with Crippen molar-refractivity contribution in [3.05, 3.63) is 0 Å². The Morgan fingerprint density at radius 1 is 1.69 bits per heavy atom. The minimum Gasteiger partial charge on any atom is -0.481 e. The molecule has 1 saturated heterocycles. The molecule has 0 aliphatic carbocycles. The summed E-state index contributed by atoms with van der Waals surface area (Å²) in [6.45, 7) is 3.22. The van der Waals surface area contributed by atoms with Crippen LogP contribution in [0.2, 0.25) is 0 Å². The summed E-state index contributed by atoms with van der Waals surface area (Å²) in [7, 11) is 0. The number of carboxylic acids is 1. The average Bonchev–Trinajstić information content (AvgIpc) is 2.16. The van der Waals surface area contributed by atoms with E-state index >= 15 is 0 Å². The fourth-order valence-corrected chi connectivity index (χ4v) is 1.63. The Kier molecular flexibility index (Phi) is 3.32. The van der Waals surface area contributed by atoms with Gasteiger partial charge in [0, 0.05) is 13.0 Å². The van der Waals surface area contributed by atoms with Gasteiger partial charge in [0.2, 0.25) is 0 Å². The number of hydrogen-bond acceptors (Lipinski definition) is 2. The Balaban J connectivity index is 2.70. The van der Waals surface area contributed by atoms with Gasteiger partial charge < -0.3 is 10.4 Å². The van der Waals surface area contributed by atoms with Crippen LogP contribution in [-0.4, -0.2) is 24.2 Å². The highest BCUT2D eigenvalue weighted by Gasteiger charge is 2.38. The van der Waals surface area contributed by atoms with Crippen LogP contribution < -0.4 is 5.32 Å². The van der Waals surface area contributed by atoms with E-state index in [-0.39, 0.29) is 0 Å². The predicted octanol–water partition coefficient (Wildman–Crippen LogP) is 0.854. The van der Waals surface area contributed by atoms with Crippen LogP contribution in [-0.2, 0) is 4.79 Å². The van der Waals surface area contributed by atoms with Crippen molar-refractivity contribution in [1.82, 2.24) is 5.32 Å². The predicted molar refractivity (Wildman–Crippen MR) is 50.2 cm³/mol. The van der Waals surface area contributed by atoms with Crippen LogP contribution in [0.25, 0.3) is 0 Å². The van der Waals surface area contributed by atoms with Crippen molar-refractivity contribution in [3.63, 3.8) is 0 Å². The van der Waals surface area contributed by atoms with E-state index in [9.17, 15) is 4.79 Å². The Bertz CT molecular complexity index is 243. The molecule has 0 amide bonds. The van der Waals surface area contributed by atoms with E-state index in [1.165, 1.54) is 0 Å². The lowest BCUT2D eigenvalue weighted by Gasteiger charge is -2.31. The molecule has 1 unspecified atom stereocenters. The minimum absolute atomic E-state index is 0.464. The lowest BCUT2D eigenvalue weighted by molar-refractivity contribution is -0.149. The Labute approximate surface area is 78.5 Å². The van der Waals surface area contributed by atoms with Crippen molar-refractivity contribution in [3.8, 4) is 11.8 Å². The van der Waals surface area contributed by atoms with E-state index in [4.69, 9.17) is 5.11 Å². The topological polar surface area (TPSA) is 49.3 Å². The van der Waals surface area contributed by atoms with Gasteiger partial charge in [0.1, 0.15) is 0 Å². The third-order valence-electron chi connectivity index (χ3n) is 2.53. The Morgan fingerprint density at radius 3 is 2.92 bits per heavy atom. The zero-order chi connectivity index (χ0) is 9.73. The van der Waals surface area contributed by atoms with E-state index in [1.54, 1.807) is 6.92 Å². The van der Waals surface area contributed by atoms with Crippen LogP contribution in [0.4, 0.5) is 0 Å². The fourth-order valence-electron chi connectivity index (χ4n) is 1.63. The molecule has 13 heavy (non-hydrogen) atoms. The standard InChI is InChI=1S/C10H15NO2/c1-2-3-5-10(9(12)13)6-4-7-11-8-10/h11H,4-8H2,1H3,(H,12,13). The highest BCUT2D eigenvalue weighted by Crippen LogP contribution is 2.29. The third-order valence-corrected chi connectivity index (χ3v) is 2.53. The number of hydrogen-bond donors (Lipinski definition) is 2. The van der Waals surface area contributed by atoms with Gasteiger partial charge in [-0.25, -0.2) is 0 Å². The van der Waals surface area contributed by atoms with Crippen LogP contribution in [0.5, 0.6) is 0 Å². The van der Waals surface area contributed by atoms with Gasteiger partial charge in [-0.05, 0) is 26.3 Å². The first-order chi connectivity index (χ1) is 6.21. The molecule has 3 heteroatoms. The van der Waals surface area contributed by atoms with Gasteiger partial charge in [-0.3, -0.25) is 4.79 Å². The molecule has 0 radical (unpaired) electrons. The van der Waals surface area contributed by atoms with Gasteiger partial charge in [-0.1, -0.05) is 0 Å². The number of carboxylic acid groups (broad SMARTS) is 1. The molecule has 1 fully saturated rings. The van der Waals surface area contributed by atoms with Crippen molar-refractivity contribution >= 4 is 5.97 Å². The summed E-state index contributed by atoms with van der Waals surface area (Å²) >= 11 is 0. The molecule has 72 valence electrons. The zero-order valence-corrected chi connectivity index (χ0v) is 7.89. The van der Waals surface area contributed by atoms with Crippen molar-refractivity contribution < 1.29 is 9.90 Å². The molecular weight excluding hydrogens is 166 g/mol. The van der Waals surface area contributed by atoms with Crippen LogP contribution in [0.15, 0.2) is 0 Å². The molecule has 0 aromatic rings. The van der Waals surface area contributed by atoms with E-state index in [1.807, 2.05) is 0 Å². The van der Waals surface area contributed by atoms with Gasteiger partial charge in [0.15, 0.2) is 0 Å². The second-order valence-electron chi connectivity index (χ2n) is 3.47. The SMILES string of the molecule is CC#CCC1(C(=O)O)CCCNC1. The van der Waals surface area contributed by atoms with Crippen LogP contribution >= 0.6 is 0 Å². The molecule has 1 aliphatic rings. The largest absolute Gasteiger partial charge is 0.481 e. The summed E-state index contributed by atoms with van der Waals surface area (Å²) in [5.74, 6) is 4.90. The van der Waals surface area contributed by atoms with Gasteiger partial charge in [-0.15, -0.1) is 11.8 Å². The van der Waals surface area contributed by atoms with E-state index in [0.717, 1.165) is 19.4 Å². The second kappa shape index (κ2) is 4.29. The highest BCUT2D eigenvalue weighted by atomic mass is 16.4. The van der Waals surface area contributed by atoms with Crippen LogP contribution in [0.1, 0.15) is 26.2 Å². The first kappa shape index (κ1) is 10.1. The first-order valence-electron chi connectivity index (χ1n) is 4.55. The van der Waals surface area contributed by atoms with Gasteiger partial charge in [0.25, 0.3) is 0 Å². The summed E-state index contributed by atoms with van der Waals surface area (Å²) in [5, 5.41) is 12.2. The van der Waals surface area contributed by atoms with Crippen LogP contribution in [0.3, 0.4) is 0 Å². The van der Waals surface area contributed by atoms with E-state index in [2.05, 4.69) is 17.2 Å². The Hall–Kier alpha value is -1.01. The highest BCUT2D eigenvalue weighted by molar-refractivity contribution is 5.75. The molecule has 1 heterocycles. The van der Waals surface area contributed by atoms with Crippen molar-refractivity contribution in [2.75, 3.05) is 13.1 Å². The zero-order valence-electron chi connectivity index (χ0n) is 7.89. The lowest BCUT2D eigenvalue weighted by Crippen LogP contribution is -2.45. The molecule has 1 rings (SSSR count). The number of aliphatic carboxylic acids is 1. The molecule has 0 bridgehead atoms. The molecule has 0 spiro atoms. The summed E-state index contributed by atoms with van der Waals surface area (Å²) in [6, 6.07) is 0. The van der Waals surface area contributed by atoms with Crippen LogP contribution in [0, 0.1) is 17.3 Å². The van der Waals surface area contributed by atoms with Crippen molar-refractivity contribution in [2.45, 2.75) is 26.2 Å².